The highest BCUT2D eigenvalue weighted by molar-refractivity contribution is 7.99. The molecule has 1 fully saturated rings. The van der Waals surface area contributed by atoms with E-state index in [2.05, 4.69) is 0 Å². The van der Waals surface area contributed by atoms with Crippen LogP contribution in [0.3, 0.4) is 0 Å². The van der Waals surface area contributed by atoms with Gasteiger partial charge in [0.25, 0.3) is 11.8 Å². The zero-order valence-electron chi connectivity index (χ0n) is 17.9. The number of rotatable bonds is 3. The molecule has 0 aliphatic carbocycles. The van der Waals surface area contributed by atoms with Crippen LogP contribution in [-0.4, -0.2) is 29.8 Å². The van der Waals surface area contributed by atoms with Crippen molar-refractivity contribution in [2.24, 2.45) is 0 Å². The Morgan fingerprint density at radius 1 is 0.970 bits per heavy atom. The smallest absolute Gasteiger partial charge is 0.259 e. The Morgan fingerprint density at radius 2 is 1.76 bits per heavy atom. The molecule has 0 bridgehead atoms. The fourth-order valence-electron chi connectivity index (χ4n) is 4.31. The minimum atomic E-state index is -0.429. The molecule has 0 spiro atoms. The summed E-state index contributed by atoms with van der Waals surface area (Å²) < 4.78 is 13.6. The molecule has 1 saturated heterocycles. The second-order valence-corrected chi connectivity index (χ2v) is 9.75. The van der Waals surface area contributed by atoms with Crippen LogP contribution in [0.2, 0.25) is 5.02 Å². The predicted octanol–water partition coefficient (Wildman–Crippen LogP) is 6.42. The summed E-state index contributed by atoms with van der Waals surface area (Å²) in [5, 5.41) is 0.259. The number of carbonyl (C=O) groups excluding carboxylic acids is 2. The maximum atomic E-state index is 13.7. The predicted molar refractivity (Wildman–Crippen MR) is 129 cm³/mol. The monoisotopic (exact) mass is 480 g/mol. The molecular weight excluding hydrogens is 459 g/mol. The van der Waals surface area contributed by atoms with Crippen LogP contribution in [0.5, 0.6) is 0 Å². The molecule has 0 unspecified atom stereocenters. The third kappa shape index (κ3) is 4.37. The second kappa shape index (κ2) is 9.20. The summed E-state index contributed by atoms with van der Waals surface area (Å²) in [5.41, 5.74) is 2.44. The summed E-state index contributed by atoms with van der Waals surface area (Å²) in [6, 6.07) is 17.2. The molecule has 2 amide bonds. The van der Waals surface area contributed by atoms with Crippen LogP contribution in [-0.2, 0) is 6.54 Å². The lowest BCUT2D eigenvalue weighted by Crippen LogP contribution is -2.36. The van der Waals surface area contributed by atoms with Crippen molar-refractivity contribution in [2.75, 3.05) is 18.0 Å². The quantitative estimate of drug-likeness (QED) is 0.434. The van der Waals surface area contributed by atoms with Gasteiger partial charge in [-0.3, -0.25) is 9.59 Å². The van der Waals surface area contributed by atoms with E-state index >= 15 is 0 Å². The summed E-state index contributed by atoms with van der Waals surface area (Å²) in [5.74, 6) is -0.627. The van der Waals surface area contributed by atoms with E-state index < -0.39 is 5.82 Å². The van der Waals surface area contributed by atoms with Crippen molar-refractivity contribution in [2.45, 2.75) is 35.6 Å². The summed E-state index contributed by atoms with van der Waals surface area (Å²) in [6.45, 7) is 1.68. The fraction of sp³-hybridized carbons (Fsp3) is 0.231. The minimum Gasteiger partial charge on any atom is -0.339 e. The highest BCUT2D eigenvalue weighted by atomic mass is 35.5. The van der Waals surface area contributed by atoms with Gasteiger partial charge in [0.2, 0.25) is 0 Å². The Hall–Kier alpha value is -2.83. The number of hydrogen-bond acceptors (Lipinski definition) is 3. The van der Waals surface area contributed by atoms with Gasteiger partial charge in [0.05, 0.1) is 17.8 Å². The maximum Gasteiger partial charge on any atom is 0.259 e. The van der Waals surface area contributed by atoms with Gasteiger partial charge in [0, 0.05) is 33.5 Å². The largest absolute Gasteiger partial charge is 0.339 e. The van der Waals surface area contributed by atoms with Crippen molar-refractivity contribution in [3.05, 3.63) is 88.2 Å². The normalized spacial score (nSPS) is 15.6. The Morgan fingerprint density at radius 3 is 2.55 bits per heavy atom. The molecule has 4 nitrogen and oxygen atoms in total. The van der Waals surface area contributed by atoms with Gasteiger partial charge in [-0.15, -0.1) is 0 Å². The molecule has 2 aliphatic rings. The van der Waals surface area contributed by atoms with Gasteiger partial charge in [0.15, 0.2) is 0 Å². The highest BCUT2D eigenvalue weighted by Gasteiger charge is 2.29. The second-order valence-electron chi connectivity index (χ2n) is 8.26. The summed E-state index contributed by atoms with van der Waals surface area (Å²) in [7, 11) is 0. The van der Waals surface area contributed by atoms with Crippen molar-refractivity contribution in [3.8, 4) is 0 Å². The van der Waals surface area contributed by atoms with E-state index in [1.54, 1.807) is 23.1 Å². The van der Waals surface area contributed by atoms with Gasteiger partial charge in [-0.05, 0) is 67.3 Å². The van der Waals surface area contributed by atoms with Gasteiger partial charge in [-0.2, -0.15) is 0 Å². The molecule has 0 atom stereocenters. The van der Waals surface area contributed by atoms with Crippen LogP contribution in [0.1, 0.15) is 45.5 Å². The van der Waals surface area contributed by atoms with Gasteiger partial charge in [0.1, 0.15) is 5.82 Å². The number of carbonyl (C=O) groups is 2. The van der Waals surface area contributed by atoms with E-state index in [4.69, 9.17) is 11.6 Å². The molecule has 7 heteroatoms. The molecule has 0 N–H and O–H groups in total. The fourth-order valence-corrected chi connectivity index (χ4v) is 5.60. The van der Waals surface area contributed by atoms with Crippen molar-refractivity contribution >= 4 is 40.9 Å². The van der Waals surface area contributed by atoms with Crippen molar-refractivity contribution in [1.29, 1.82) is 0 Å². The van der Waals surface area contributed by atoms with Crippen molar-refractivity contribution < 1.29 is 14.0 Å². The topological polar surface area (TPSA) is 40.6 Å². The highest BCUT2D eigenvalue weighted by Crippen LogP contribution is 2.42. The minimum absolute atomic E-state index is 0.0172. The first-order valence-electron chi connectivity index (χ1n) is 11.0. The van der Waals surface area contributed by atoms with Gasteiger partial charge < -0.3 is 9.80 Å². The number of fused-ring (bicyclic) bond motifs is 2. The summed E-state index contributed by atoms with van der Waals surface area (Å²) in [6.07, 6.45) is 3.16. The van der Waals surface area contributed by atoms with E-state index in [1.165, 1.54) is 23.9 Å². The molecule has 0 aromatic heterocycles. The third-order valence-electron chi connectivity index (χ3n) is 6.07. The number of hydrogen-bond donors (Lipinski definition) is 0. The third-order valence-corrected chi connectivity index (χ3v) is 7.56. The number of anilines is 1. The van der Waals surface area contributed by atoms with Crippen LogP contribution < -0.4 is 4.90 Å². The lowest BCUT2D eigenvalue weighted by molar-refractivity contribution is 0.0724. The van der Waals surface area contributed by atoms with Gasteiger partial charge in [-0.25, -0.2) is 4.39 Å². The lowest BCUT2D eigenvalue weighted by atomic mass is 10.1. The van der Waals surface area contributed by atoms with Gasteiger partial charge >= 0.3 is 0 Å². The molecule has 33 heavy (non-hydrogen) atoms. The molecule has 3 aromatic carbocycles. The summed E-state index contributed by atoms with van der Waals surface area (Å²) in [4.78, 5) is 32.1. The molecular formula is C26H22ClFN2O2S. The first kappa shape index (κ1) is 22.0. The Labute approximate surface area is 201 Å². The molecule has 168 valence electrons. The lowest BCUT2D eigenvalue weighted by Gasteiger charge is -2.28. The number of amides is 2. The van der Waals surface area contributed by atoms with E-state index in [-0.39, 0.29) is 23.4 Å². The zero-order valence-corrected chi connectivity index (χ0v) is 19.5. The number of piperidine rings is 1. The van der Waals surface area contributed by atoms with Crippen LogP contribution in [0, 0.1) is 5.82 Å². The standard InChI is InChI=1S/C26H22ClFN2O2S/c27-21-15-19(28)10-8-18(21)16-30-22-14-17(25(31)29-12-4-1-5-13-29)9-11-24(22)33-23-7-3-2-6-20(23)26(30)32/h2-3,6-11,14-15H,1,4-5,12-13,16H2. The molecule has 2 heterocycles. The molecule has 0 radical (unpaired) electrons. The Bertz CT molecular complexity index is 1240. The average Bonchev–Trinajstić information content (AvgIpc) is 2.95. The Balaban J connectivity index is 1.59. The van der Waals surface area contributed by atoms with Gasteiger partial charge in [-0.1, -0.05) is 41.6 Å². The van der Waals surface area contributed by atoms with Crippen molar-refractivity contribution in [1.82, 2.24) is 4.90 Å². The molecule has 5 rings (SSSR count). The molecule has 2 aliphatic heterocycles. The van der Waals surface area contributed by atoms with E-state index in [0.717, 1.165) is 42.1 Å². The van der Waals surface area contributed by atoms with E-state index in [1.807, 2.05) is 35.2 Å². The summed E-state index contributed by atoms with van der Waals surface area (Å²) >= 11 is 7.81. The van der Waals surface area contributed by atoms with Crippen LogP contribution in [0.25, 0.3) is 0 Å². The first-order valence-corrected chi connectivity index (χ1v) is 12.2. The maximum absolute atomic E-state index is 13.7. The van der Waals surface area contributed by atoms with E-state index in [9.17, 15) is 14.0 Å². The number of likely N-dealkylation sites (tertiary alicyclic amines) is 1. The first-order chi connectivity index (χ1) is 16.0. The van der Waals surface area contributed by atoms with Crippen LogP contribution in [0.15, 0.2) is 70.5 Å². The zero-order chi connectivity index (χ0) is 22.9. The van der Waals surface area contributed by atoms with E-state index in [0.29, 0.717) is 22.4 Å². The van der Waals surface area contributed by atoms with Crippen molar-refractivity contribution in [3.63, 3.8) is 0 Å². The molecule has 0 saturated carbocycles. The number of nitrogens with zero attached hydrogens (tertiary/aromatic N) is 2. The number of halogens is 2. The van der Waals surface area contributed by atoms with Crippen LogP contribution >= 0.6 is 23.4 Å². The molecule has 3 aromatic rings. The van der Waals surface area contributed by atoms with Crippen LogP contribution in [0.4, 0.5) is 10.1 Å². The average molecular weight is 481 g/mol. The Kier molecular flexibility index (Phi) is 6.13. The number of benzene rings is 3. The SMILES string of the molecule is O=C(c1ccc2c(c1)N(Cc1ccc(F)cc1Cl)C(=O)c1ccccc1S2)N1CCCCC1.